The van der Waals surface area contributed by atoms with Crippen LogP contribution in [0.1, 0.15) is 0 Å². The van der Waals surface area contributed by atoms with E-state index in [-0.39, 0.29) is 6.03 Å². The summed E-state index contributed by atoms with van der Waals surface area (Å²) in [7, 11) is -3.13. The molecule has 0 aromatic heterocycles. The van der Waals surface area contributed by atoms with Gasteiger partial charge in [0.2, 0.25) is 10.0 Å². The number of ether oxygens (including phenoxy) is 1. The van der Waals surface area contributed by atoms with E-state index in [2.05, 4.69) is 10.2 Å². The second kappa shape index (κ2) is 7.59. The summed E-state index contributed by atoms with van der Waals surface area (Å²) in [5, 5.41) is 2.92. The van der Waals surface area contributed by atoms with Gasteiger partial charge in [-0.3, -0.25) is 0 Å². The van der Waals surface area contributed by atoms with Crippen molar-refractivity contribution in [2.75, 3.05) is 69.0 Å². The van der Waals surface area contributed by atoms with Crippen molar-refractivity contribution >= 4 is 27.4 Å². The van der Waals surface area contributed by atoms with Crippen molar-refractivity contribution in [3.63, 3.8) is 0 Å². The van der Waals surface area contributed by atoms with E-state index < -0.39 is 10.0 Å². The molecule has 2 fully saturated rings. The van der Waals surface area contributed by atoms with E-state index in [1.165, 1.54) is 10.6 Å². The summed E-state index contributed by atoms with van der Waals surface area (Å²) in [6, 6.07) is 7.53. The van der Waals surface area contributed by atoms with Crippen molar-refractivity contribution in [1.29, 1.82) is 0 Å². The molecule has 0 atom stereocenters. The van der Waals surface area contributed by atoms with Crippen LogP contribution in [-0.2, 0) is 14.8 Å². The van der Waals surface area contributed by atoms with E-state index in [4.69, 9.17) is 4.74 Å². The number of nitrogens with zero attached hydrogens (tertiary/aromatic N) is 3. The molecule has 0 radical (unpaired) electrons. The minimum Gasteiger partial charge on any atom is -0.378 e. The number of hydrogen-bond acceptors (Lipinski definition) is 5. The first kappa shape index (κ1) is 18.0. The largest absolute Gasteiger partial charge is 0.378 e. The van der Waals surface area contributed by atoms with Crippen molar-refractivity contribution in [3.8, 4) is 0 Å². The molecule has 9 heteroatoms. The molecule has 25 heavy (non-hydrogen) atoms. The number of carbonyl (C=O) groups excluding carboxylic acids is 1. The molecule has 2 aliphatic heterocycles. The van der Waals surface area contributed by atoms with Gasteiger partial charge in [0.1, 0.15) is 0 Å². The molecule has 1 aromatic rings. The van der Waals surface area contributed by atoms with Gasteiger partial charge in [-0.2, -0.15) is 4.31 Å². The van der Waals surface area contributed by atoms with Gasteiger partial charge in [-0.05, 0) is 18.2 Å². The zero-order chi connectivity index (χ0) is 17.9. The number of rotatable bonds is 3. The van der Waals surface area contributed by atoms with E-state index in [0.717, 1.165) is 11.4 Å². The number of nitrogens with one attached hydrogen (secondary N) is 1. The van der Waals surface area contributed by atoms with Gasteiger partial charge in [0.15, 0.2) is 0 Å². The molecule has 2 aliphatic rings. The molecule has 138 valence electrons. The number of morpholine rings is 1. The number of urea groups is 1. The average molecular weight is 368 g/mol. The van der Waals surface area contributed by atoms with Gasteiger partial charge in [0, 0.05) is 50.6 Å². The van der Waals surface area contributed by atoms with Crippen molar-refractivity contribution in [2.45, 2.75) is 0 Å². The van der Waals surface area contributed by atoms with Gasteiger partial charge in [-0.15, -0.1) is 0 Å². The number of piperazine rings is 1. The number of benzene rings is 1. The van der Waals surface area contributed by atoms with Crippen LogP contribution in [0.15, 0.2) is 24.3 Å². The summed E-state index contributed by atoms with van der Waals surface area (Å²) in [5.41, 5.74) is 1.72. The Balaban J connectivity index is 1.61. The second-order valence-corrected chi connectivity index (χ2v) is 8.21. The predicted octanol–water partition coefficient (Wildman–Crippen LogP) is 0.632. The zero-order valence-electron chi connectivity index (χ0n) is 14.3. The lowest BCUT2D eigenvalue weighted by atomic mass is 10.2. The number of anilines is 2. The Kier molecular flexibility index (Phi) is 5.45. The third-order valence-corrected chi connectivity index (χ3v) is 5.77. The molecule has 1 aromatic carbocycles. The van der Waals surface area contributed by atoms with E-state index in [1.54, 1.807) is 4.90 Å². The highest BCUT2D eigenvalue weighted by Crippen LogP contribution is 2.22. The van der Waals surface area contributed by atoms with Gasteiger partial charge < -0.3 is 19.9 Å². The van der Waals surface area contributed by atoms with Crippen LogP contribution in [0.5, 0.6) is 0 Å². The van der Waals surface area contributed by atoms with Crippen molar-refractivity contribution in [2.24, 2.45) is 0 Å². The summed E-state index contributed by atoms with van der Waals surface area (Å²) in [6.07, 6.45) is 1.24. The van der Waals surface area contributed by atoms with Crippen LogP contribution in [0.3, 0.4) is 0 Å². The molecule has 2 saturated heterocycles. The molecular formula is C16H24N4O4S. The maximum atomic E-state index is 12.3. The molecular weight excluding hydrogens is 344 g/mol. The molecule has 3 rings (SSSR count). The Morgan fingerprint density at radius 3 is 2.40 bits per heavy atom. The van der Waals surface area contributed by atoms with Crippen LogP contribution in [-0.4, -0.2) is 82.4 Å². The molecule has 0 unspecified atom stereocenters. The number of amides is 2. The first-order valence-electron chi connectivity index (χ1n) is 8.37. The fourth-order valence-corrected chi connectivity index (χ4v) is 3.85. The van der Waals surface area contributed by atoms with E-state index in [1.807, 2.05) is 24.3 Å². The topological polar surface area (TPSA) is 82.2 Å². The molecule has 2 amide bonds. The zero-order valence-corrected chi connectivity index (χ0v) is 15.2. The van der Waals surface area contributed by atoms with Crippen LogP contribution >= 0.6 is 0 Å². The van der Waals surface area contributed by atoms with Gasteiger partial charge in [0.25, 0.3) is 0 Å². The van der Waals surface area contributed by atoms with Gasteiger partial charge >= 0.3 is 6.03 Å². The summed E-state index contributed by atoms with van der Waals surface area (Å²) in [4.78, 5) is 16.1. The molecule has 0 aliphatic carbocycles. The highest BCUT2D eigenvalue weighted by atomic mass is 32.2. The molecule has 8 nitrogen and oxygen atoms in total. The summed E-state index contributed by atoms with van der Waals surface area (Å²) in [5.74, 6) is 0. The van der Waals surface area contributed by atoms with Crippen molar-refractivity contribution < 1.29 is 17.9 Å². The monoisotopic (exact) mass is 368 g/mol. The molecule has 2 heterocycles. The Labute approximate surface area is 148 Å². The molecule has 0 bridgehead atoms. The number of carbonyl (C=O) groups is 1. The van der Waals surface area contributed by atoms with E-state index in [0.29, 0.717) is 52.5 Å². The average Bonchev–Trinajstić information content (AvgIpc) is 2.62. The first-order chi connectivity index (χ1) is 11.9. The van der Waals surface area contributed by atoms with Crippen LogP contribution in [0, 0.1) is 0 Å². The smallest absolute Gasteiger partial charge is 0.322 e. The minimum atomic E-state index is -3.13. The first-order valence-corrected chi connectivity index (χ1v) is 10.2. The standard InChI is InChI=1S/C16H24N4O4S/c1-25(22,23)20-7-5-18(6-8-20)15-4-2-3-14(13-15)17-16(21)19-9-11-24-12-10-19/h2-4,13H,5-12H2,1H3,(H,17,21). The van der Waals surface area contributed by atoms with E-state index >= 15 is 0 Å². The van der Waals surface area contributed by atoms with Crippen molar-refractivity contribution in [3.05, 3.63) is 24.3 Å². The van der Waals surface area contributed by atoms with Crippen LogP contribution in [0.25, 0.3) is 0 Å². The fourth-order valence-electron chi connectivity index (χ4n) is 3.03. The fraction of sp³-hybridized carbons (Fsp3) is 0.562. The van der Waals surface area contributed by atoms with E-state index in [9.17, 15) is 13.2 Å². The predicted molar refractivity (Wildman–Crippen MR) is 96.5 cm³/mol. The lowest BCUT2D eigenvalue weighted by Crippen LogP contribution is -2.48. The summed E-state index contributed by atoms with van der Waals surface area (Å²) >= 11 is 0. The lowest BCUT2D eigenvalue weighted by Gasteiger charge is -2.35. The second-order valence-electron chi connectivity index (χ2n) is 6.23. The van der Waals surface area contributed by atoms with Crippen LogP contribution in [0.4, 0.5) is 16.2 Å². The molecule has 0 spiro atoms. The maximum Gasteiger partial charge on any atom is 0.322 e. The Morgan fingerprint density at radius 1 is 1.08 bits per heavy atom. The molecule has 1 N–H and O–H groups in total. The Bertz CT molecular complexity index is 711. The Morgan fingerprint density at radius 2 is 1.76 bits per heavy atom. The summed E-state index contributed by atoms with van der Waals surface area (Å²) < 4.78 is 30.0. The minimum absolute atomic E-state index is 0.123. The maximum absolute atomic E-state index is 12.3. The number of sulfonamides is 1. The molecule has 0 saturated carbocycles. The highest BCUT2D eigenvalue weighted by molar-refractivity contribution is 7.88. The van der Waals surface area contributed by atoms with Crippen LogP contribution in [0.2, 0.25) is 0 Å². The third kappa shape index (κ3) is 4.62. The SMILES string of the molecule is CS(=O)(=O)N1CCN(c2cccc(NC(=O)N3CCOCC3)c2)CC1. The van der Waals surface area contributed by atoms with Crippen molar-refractivity contribution in [1.82, 2.24) is 9.21 Å². The highest BCUT2D eigenvalue weighted by Gasteiger charge is 2.23. The van der Waals surface area contributed by atoms with Gasteiger partial charge in [0.05, 0.1) is 19.5 Å². The summed E-state index contributed by atoms with van der Waals surface area (Å²) in [6.45, 7) is 4.54. The normalized spacial score (nSPS) is 19.7. The van der Waals surface area contributed by atoms with Gasteiger partial charge in [-0.25, -0.2) is 13.2 Å². The van der Waals surface area contributed by atoms with Gasteiger partial charge in [-0.1, -0.05) is 6.07 Å². The quantitative estimate of drug-likeness (QED) is 0.846. The Hall–Kier alpha value is -1.84. The van der Waals surface area contributed by atoms with Crippen LogP contribution < -0.4 is 10.2 Å². The third-order valence-electron chi connectivity index (χ3n) is 4.47. The lowest BCUT2D eigenvalue weighted by molar-refractivity contribution is 0.0564. The number of hydrogen-bond donors (Lipinski definition) is 1.